The number of nitrogens with one attached hydrogen (secondary N) is 1. The van der Waals surface area contributed by atoms with Crippen molar-refractivity contribution in [2.45, 2.75) is 32.5 Å². The molecule has 0 bridgehead atoms. The number of fused-ring (bicyclic) bond motifs is 1. The molecule has 162 valence electrons. The smallest absolute Gasteiger partial charge is 0.253 e. The zero-order valence-corrected chi connectivity index (χ0v) is 17.6. The number of benzene rings is 1. The van der Waals surface area contributed by atoms with Gasteiger partial charge in [0.2, 0.25) is 0 Å². The van der Waals surface area contributed by atoms with Crippen molar-refractivity contribution in [3.8, 4) is 5.75 Å². The minimum atomic E-state index is -0.309. The van der Waals surface area contributed by atoms with Crippen LogP contribution in [0.25, 0.3) is 0 Å². The Labute approximate surface area is 180 Å². The van der Waals surface area contributed by atoms with Crippen LogP contribution in [0.1, 0.15) is 40.5 Å². The van der Waals surface area contributed by atoms with Gasteiger partial charge in [-0.15, -0.1) is 10.2 Å². The zero-order chi connectivity index (χ0) is 21.8. The second-order valence-corrected chi connectivity index (χ2v) is 7.55. The lowest BCUT2D eigenvalue weighted by Gasteiger charge is -2.21. The summed E-state index contributed by atoms with van der Waals surface area (Å²) in [4.78, 5) is 18.6. The van der Waals surface area contributed by atoms with E-state index in [2.05, 4.69) is 30.0 Å². The van der Waals surface area contributed by atoms with Gasteiger partial charge in [0.25, 0.3) is 5.91 Å². The molecule has 9 heteroatoms. The second kappa shape index (κ2) is 9.22. The first-order chi connectivity index (χ1) is 15.0. The summed E-state index contributed by atoms with van der Waals surface area (Å²) in [5.74, 6) is 1.77. The van der Waals surface area contributed by atoms with E-state index in [0.717, 1.165) is 18.9 Å². The van der Waals surface area contributed by atoms with E-state index in [9.17, 15) is 9.18 Å². The van der Waals surface area contributed by atoms with Gasteiger partial charge in [-0.05, 0) is 37.3 Å². The molecular weight excluding hydrogens is 399 g/mol. The number of hydrogen-bond donors (Lipinski definition) is 1. The maximum atomic E-state index is 14.2. The molecule has 1 atom stereocenters. The summed E-state index contributed by atoms with van der Waals surface area (Å²) in [6, 6.07) is 7.93. The fourth-order valence-corrected chi connectivity index (χ4v) is 3.75. The van der Waals surface area contributed by atoms with Crippen LogP contribution < -0.4 is 10.1 Å². The third kappa shape index (κ3) is 4.72. The Morgan fingerprint density at radius 1 is 1.26 bits per heavy atom. The van der Waals surface area contributed by atoms with Gasteiger partial charge in [-0.25, -0.2) is 4.39 Å². The number of amides is 1. The Balaban J connectivity index is 1.43. The highest BCUT2D eigenvalue weighted by Crippen LogP contribution is 2.21. The van der Waals surface area contributed by atoms with Crippen molar-refractivity contribution in [1.82, 2.24) is 30.0 Å². The summed E-state index contributed by atoms with van der Waals surface area (Å²) >= 11 is 0. The molecule has 31 heavy (non-hydrogen) atoms. The number of hydrogen-bond acceptors (Lipinski definition) is 6. The van der Waals surface area contributed by atoms with Crippen LogP contribution in [-0.2, 0) is 19.5 Å². The largest absolute Gasteiger partial charge is 0.497 e. The predicted molar refractivity (Wildman–Crippen MR) is 112 cm³/mol. The molecule has 3 heterocycles. The monoisotopic (exact) mass is 424 g/mol. The summed E-state index contributed by atoms with van der Waals surface area (Å²) in [7, 11) is 1.57. The van der Waals surface area contributed by atoms with Crippen molar-refractivity contribution in [3.05, 3.63) is 71.3 Å². The first kappa shape index (κ1) is 20.9. The topological polar surface area (TPSA) is 85.2 Å². The van der Waals surface area contributed by atoms with Crippen LogP contribution in [0.15, 0.2) is 42.7 Å². The lowest BCUT2D eigenvalue weighted by atomic mass is 10.2. The van der Waals surface area contributed by atoms with Crippen LogP contribution >= 0.6 is 0 Å². The summed E-state index contributed by atoms with van der Waals surface area (Å²) in [6.07, 6.45) is 3.85. The lowest BCUT2D eigenvalue weighted by molar-refractivity contribution is 0.0937. The van der Waals surface area contributed by atoms with Gasteiger partial charge in [-0.1, -0.05) is 0 Å². The van der Waals surface area contributed by atoms with Crippen LogP contribution in [0.5, 0.6) is 5.75 Å². The highest BCUT2D eigenvalue weighted by atomic mass is 19.1. The van der Waals surface area contributed by atoms with Crippen LogP contribution in [0.3, 0.4) is 0 Å². The first-order valence-electron chi connectivity index (χ1n) is 10.2. The van der Waals surface area contributed by atoms with E-state index < -0.39 is 0 Å². The molecule has 2 aromatic heterocycles. The molecule has 0 saturated heterocycles. The number of ether oxygens (including phenoxy) is 1. The quantitative estimate of drug-likeness (QED) is 0.654. The number of rotatable bonds is 6. The number of nitrogens with zero attached hydrogens (tertiary/aromatic N) is 5. The number of carbonyl (C=O) groups is 1. The third-order valence-corrected chi connectivity index (χ3v) is 5.45. The van der Waals surface area contributed by atoms with Gasteiger partial charge in [-0.2, -0.15) is 0 Å². The normalized spacial score (nSPS) is 15.1. The van der Waals surface area contributed by atoms with E-state index in [1.807, 2.05) is 6.92 Å². The lowest BCUT2D eigenvalue weighted by Crippen LogP contribution is -2.30. The molecule has 0 radical (unpaired) electrons. The third-order valence-electron chi connectivity index (χ3n) is 5.45. The summed E-state index contributed by atoms with van der Waals surface area (Å²) in [6.45, 7) is 4.50. The predicted octanol–water partition coefficient (Wildman–Crippen LogP) is 2.37. The Bertz CT molecular complexity index is 1060. The Morgan fingerprint density at radius 3 is 2.90 bits per heavy atom. The fraction of sp³-hybridized carbons (Fsp3) is 0.364. The van der Waals surface area contributed by atoms with E-state index in [-0.39, 0.29) is 17.8 Å². The molecule has 4 rings (SSSR count). The van der Waals surface area contributed by atoms with Crippen molar-refractivity contribution < 1.29 is 13.9 Å². The second-order valence-electron chi connectivity index (χ2n) is 7.55. The zero-order valence-electron chi connectivity index (χ0n) is 17.6. The maximum absolute atomic E-state index is 14.2. The number of methoxy groups -OCH3 is 1. The van der Waals surface area contributed by atoms with Crippen molar-refractivity contribution >= 4 is 5.91 Å². The molecule has 3 aromatic rings. The van der Waals surface area contributed by atoms with Crippen LogP contribution in [0.2, 0.25) is 0 Å². The van der Waals surface area contributed by atoms with Crippen LogP contribution in [0, 0.1) is 5.82 Å². The number of pyridine rings is 1. The SMILES string of the molecule is COc1ccc(F)c(CN2CCc3nnc([C@H](C)NC(=O)c4cccnc4)n3CC2)c1. The highest BCUT2D eigenvalue weighted by Gasteiger charge is 2.23. The van der Waals surface area contributed by atoms with Crippen LogP contribution in [0.4, 0.5) is 4.39 Å². The Kier molecular flexibility index (Phi) is 6.22. The Hall–Kier alpha value is -3.33. The van der Waals surface area contributed by atoms with Gasteiger partial charge in [0, 0.05) is 50.6 Å². The Morgan fingerprint density at radius 2 is 2.13 bits per heavy atom. The average molecular weight is 424 g/mol. The van der Waals surface area contributed by atoms with Crippen molar-refractivity contribution in [2.24, 2.45) is 0 Å². The van der Waals surface area contributed by atoms with Gasteiger partial charge in [-0.3, -0.25) is 14.7 Å². The molecule has 0 unspecified atom stereocenters. The fourth-order valence-electron chi connectivity index (χ4n) is 3.75. The van der Waals surface area contributed by atoms with E-state index in [1.165, 1.54) is 12.3 Å². The molecule has 1 N–H and O–H groups in total. The van der Waals surface area contributed by atoms with E-state index in [4.69, 9.17) is 4.74 Å². The summed E-state index contributed by atoms with van der Waals surface area (Å²) < 4.78 is 21.5. The standard InChI is InChI=1S/C22H25FN6O2/c1-15(25-22(30)16-4-3-8-24-13-16)21-27-26-20-7-9-28(10-11-29(20)21)14-17-12-18(31-2)5-6-19(17)23/h3-6,8,12-13,15H,7,9-11,14H2,1-2H3,(H,25,30)/t15-/m0/s1. The van der Waals surface area contributed by atoms with Crippen LogP contribution in [-0.4, -0.2) is 50.8 Å². The molecule has 1 aliphatic heterocycles. The average Bonchev–Trinajstić information content (AvgIpc) is 3.10. The van der Waals surface area contributed by atoms with E-state index in [1.54, 1.807) is 37.6 Å². The maximum Gasteiger partial charge on any atom is 0.253 e. The van der Waals surface area contributed by atoms with E-state index >= 15 is 0 Å². The molecule has 0 fully saturated rings. The number of halogens is 1. The minimum Gasteiger partial charge on any atom is -0.497 e. The number of aromatic nitrogens is 4. The molecule has 0 saturated carbocycles. The van der Waals surface area contributed by atoms with Crippen molar-refractivity contribution in [2.75, 3.05) is 20.2 Å². The molecule has 1 aromatic carbocycles. The number of carbonyl (C=O) groups excluding carboxylic acids is 1. The molecule has 1 amide bonds. The summed E-state index contributed by atoms with van der Waals surface area (Å²) in [5.41, 5.74) is 1.10. The van der Waals surface area contributed by atoms with Crippen molar-refractivity contribution in [1.29, 1.82) is 0 Å². The van der Waals surface area contributed by atoms with Gasteiger partial charge >= 0.3 is 0 Å². The first-order valence-corrected chi connectivity index (χ1v) is 10.2. The molecule has 0 aliphatic carbocycles. The summed E-state index contributed by atoms with van der Waals surface area (Å²) in [5, 5.41) is 11.6. The van der Waals surface area contributed by atoms with Gasteiger partial charge in [0.05, 0.1) is 18.7 Å². The molecule has 1 aliphatic rings. The van der Waals surface area contributed by atoms with E-state index in [0.29, 0.717) is 42.2 Å². The van der Waals surface area contributed by atoms with Gasteiger partial charge in [0.1, 0.15) is 17.4 Å². The molecular formula is C22H25FN6O2. The minimum absolute atomic E-state index is 0.207. The molecule has 8 nitrogen and oxygen atoms in total. The van der Waals surface area contributed by atoms with Gasteiger partial charge in [0.15, 0.2) is 5.82 Å². The van der Waals surface area contributed by atoms with Crippen molar-refractivity contribution in [3.63, 3.8) is 0 Å². The highest BCUT2D eigenvalue weighted by molar-refractivity contribution is 5.94. The van der Waals surface area contributed by atoms with Gasteiger partial charge < -0.3 is 14.6 Å². The molecule has 0 spiro atoms.